The van der Waals surface area contributed by atoms with Crippen molar-refractivity contribution >= 4 is 22.9 Å². The van der Waals surface area contributed by atoms with E-state index in [1.54, 1.807) is 37.6 Å². The monoisotopic (exact) mass is 448 g/mol. The Morgan fingerprint density at radius 3 is 2.73 bits per heavy atom. The largest absolute Gasteiger partial charge is 0.600 e. The Bertz CT molecular complexity index is 1380. The summed E-state index contributed by atoms with van der Waals surface area (Å²) in [4.78, 5) is 20.7. The molecule has 3 aromatic heterocycles. The van der Waals surface area contributed by atoms with E-state index in [9.17, 15) is 15.0 Å². The number of hydrogen-bond donors (Lipinski definition) is 3. The van der Waals surface area contributed by atoms with Crippen LogP contribution in [0.4, 0.5) is 10.7 Å². The van der Waals surface area contributed by atoms with Gasteiger partial charge in [-0.05, 0) is 31.4 Å². The molecule has 0 aliphatic heterocycles. The number of hydrogen-bond acceptors (Lipinski definition) is 8. The molecule has 0 saturated heterocycles. The summed E-state index contributed by atoms with van der Waals surface area (Å²) in [6.07, 6.45) is 2.42. The summed E-state index contributed by atoms with van der Waals surface area (Å²) in [5.41, 5.74) is 7.11. The number of carbonyl (C=O) groups is 1. The summed E-state index contributed by atoms with van der Waals surface area (Å²) in [5.74, 6) is 0.630. The van der Waals surface area contributed by atoms with E-state index in [2.05, 4.69) is 20.3 Å². The number of aliphatic hydroxyl groups is 1. The molecule has 4 aromatic rings. The number of para-hydroxylation sites is 1. The van der Waals surface area contributed by atoms with Gasteiger partial charge in [0.15, 0.2) is 0 Å². The molecule has 0 unspecified atom stereocenters. The first-order valence-electron chi connectivity index (χ1n) is 10.4. The molecule has 33 heavy (non-hydrogen) atoms. The molecule has 0 bridgehead atoms. The zero-order valence-corrected chi connectivity index (χ0v) is 17.8. The maximum absolute atomic E-state index is 12.1. The number of benzene rings is 1. The minimum atomic E-state index is -1.16. The van der Waals surface area contributed by atoms with Gasteiger partial charge in [0.1, 0.15) is 34.8 Å². The smallest absolute Gasteiger partial charge is 0.494 e. The van der Waals surface area contributed by atoms with Gasteiger partial charge in [0.2, 0.25) is 17.3 Å². The summed E-state index contributed by atoms with van der Waals surface area (Å²) in [6.45, 7) is 0.130. The molecule has 4 N–H and O–H groups in total. The fraction of sp³-hybridized carbons (Fsp3) is 0.273. The Kier molecular flexibility index (Phi) is 4.90. The highest BCUT2D eigenvalue weighted by molar-refractivity contribution is 5.95. The van der Waals surface area contributed by atoms with Crippen molar-refractivity contribution in [2.24, 2.45) is 0 Å². The van der Waals surface area contributed by atoms with Gasteiger partial charge in [-0.25, -0.2) is 14.6 Å². The molecule has 11 nitrogen and oxygen atoms in total. The Hall–Kier alpha value is -4.12. The summed E-state index contributed by atoms with van der Waals surface area (Å²) < 4.78 is 8.03. The van der Waals surface area contributed by atoms with Crippen LogP contribution in [0.25, 0.3) is 22.3 Å². The molecular formula is C22H22N7O4+. The first-order chi connectivity index (χ1) is 15.9. The third-order valence-corrected chi connectivity index (χ3v) is 5.95. The van der Waals surface area contributed by atoms with E-state index in [0.717, 1.165) is 11.0 Å². The first kappa shape index (κ1) is 20.8. The second-order valence-corrected chi connectivity index (χ2v) is 7.99. The first-order valence-corrected chi connectivity index (χ1v) is 10.4. The summed E-state index contributed by atoms with van der Waals surface area (Å²) >= 11 is 0. The molecule has 0 radical (unpaired) electrons. The van der Waals surface area contributed by atoms with Crippen molar-refractivity contribution in [3.63, 3.8) is 0 Å². The van der Waals surface area contributed by atoms with Gasteiger partial charge in [-0.15, -0.1) is 5.10 Å². The van der Waals surface area contributed by atoms with Crippen LogP contribution in [-0.4, -0.2) is 48.4 Å². The average Bonchev–Trinajstić information content (AvgIpc) is 3.24. The van der Waals surface area contributed by atoms with Gasteiger partial charge in [-0.2, -0.15) is 4.79 Å². The van der Waals surface area contributed by atoms with Crippen LogP contribution in [0.3, 0.4) is 0 Å². The number of aromatic nitrogens is 6. The molecule has 1 aliphatic carbocycles. The number of ether oxygens (including phenoxy) is 1. The molecule has 3 heterocycles. The van der Waals surface area contributed by atoms with E-state index < -0.39 is 11.7 Å². The molecule has 1 fully saturated rings. The minimum absolute atomic E-state index is 0.0710. The molecule has 0 spiro atoms. The van der Waals surface area contributed by atoms with Crippen molar-refractivity contribution in [2.45, 2.75) is 31.4 Å². The van der Waals surface area contributed by atoms with E-state index in [1.807, 2.05) is 12.1 Å². The average molecular weight is 448 g/mol. The van der Waals surface area contributed by atoms with E-state index in [4.69, 9.17) is 10.5 Å². The van der Waals surface area contributed by atoms with Crippen molar-refractivity contribution in [1.29, 1.82) is 0 Å². The standard InChI is InChI=1S/C22H21N7O4/c1-33-16-7-3-6-14-18(24-20(23)25-19(14)16)15-12-28(27-26-15)11-13-5-2-8-17(29(13)21(30)31)22(32)9-4-10-22/h2-3,5-8,12,32H,4,9-11H2,1H3,(H2-,23,24,25,30,31)/p+1. The molecular weight excluding hydrogens is 426 g/mol. The van der Waals surface area contributed by atoms with E-state index >= 15 is 0 Å². The Morgan fingerprint density at radius 1 is 1.24 bits per heavy atom. The molecule has 1 saturated carbocycles. The van der Waals surface area contributed by atoms with Gasteiger partial charge in [-0.1, -0.05) is 21.9 Å². The fourth-order valence-electron chi connectivity index (χ4n) is 4.19. The predicted molar refractivity (Wildman–Crippen MR) is 116 cm³/mol. The quantitative estimate of drug-likeness (QED) is 0.387. The van der Waals surface area contributed by atoms with E-state index in [0.29, 0.717) is 52.3 Å². The van der Waals surface area contributed by atoms with Crippen LogP contribution in [0.1, 0.15) is 30.7 Å². The summed E-state index contributed by atoms with van der Waals surface area (Å²) in [7, 11) is 1.55. The van der Waals surface area contributed by atoms with Crippen molar-refractivity contribution < 1.29 is 24.3 Å². The zero-order chi connectivity index (χ0) is 23.2. The number of rotatable bonds is 5. The van der Waals surface area contributed by atoms with Gasteiger partial charge < -0.3 is 20.7 Å². The highest BCUT2D eigenvalue weighted by Gasteiger charge is 2.46. The number of fused-ring (bicyclic) bond motifs is 1. The van der Waals surface area contributed by atoms with Crippen molar-refractivity contribution in [3.8, 4) is 17.1 Å². The lowest BCUT2D eigenvalue weighted by Gasteiger charge is -2.33. The third-order valence-electron chi connectivity index (χ3n) is 5.95. The van der Waals surface area contributed by atoms with Gasteiger partial charge in [-0.3, -0.25) is 0 Å². The Morgan fingerprint density at radius 2 is 2.03 bits per heavy atom. The SMILES string of the molecule is COc1cccc2c(-c3cn(Cc4cccc(C5(O)CCC5)[n+]4C(=O)O)nn3)nc(N)nc12. The number of anilines is 1. The number of nitrogens with two attached hydrogens (primary N) is 1. The molecule has 1 aromatic carbocycles. The van der Waals surface area contributed by atoms with Crippen molar-refractivity contribution in [2.75, 3.05) is 12.8 Å². The van der Waals surface area contributed by atoms with Crippen LogP contribution in [0.2, 0.25) is 0 Å². The second kappa shape index (κ2) is 7.78. The van der Waals surface area contributed by atoms with Crippen LogP contribution >= 0.6 is 0 Å². The van der Waals surface area contributed by atoms with Crippen molar-refractivity contribution in [1.82, 2.24) is 25.0 Å². The number of pyridine rings is 1. The zero-order valence-electron chi connectivity index (χ0n) is 17.8. The van der Waals surface area contributed by atoms with Crippen LogP contribution in [0.15, 0.2) is 42.6 Å². The van der Waals surface area contributed by atoms with E-state index in [-0.39, 0.29) is 12.5 Å². The molecule has 168 valence electrons. The number of nitrogens with zero attached hydrogens (tertiary/aromatic N) is 6. The van der Waals surface area contributed by atoms with Gasteiger partial charge in [0, 0.05) is 17.5 Å². The summed E-state index contributed by atoms with van der Waals surface area (Å²) in [5, 5.41) is 29.7. The van der Waals surface area contributed by atoms with Gasteiger partial charge >= 0.3 is 6.09 Å². The highest BCUT2D eigenvalue weighted by atomic mass is 16.5. The minimum Gasteiger partial charge on any atom is -0.494 e. The Balaban J connectivity index is 1.54. The lowest BCUT2D eigenvalue weighted by molar-refractivity contribution is -0.612. The lowest BCUT2D eigenvalue weighted by Crippen LogP contribution is -2.55. The van der Waals surface area contributed by atoms with E-state index in [1.165, 1.54) is 4.68 Å². The van der Waals surface area contributed by atoms with Crippen LogP contribution < -0.4 is 15.0 Å². The molecule has 5 rings (SSSR count). The fourth-order valence-corrected chi connectivity index (χ4v) is 4.19. The molecule has 1 aliphatic rings. The lowest BCUT2D eigenvalue weighted by atomic mass is 9.77. The molecule has 11 heteroatoms. The predicted octanol–water partition coefficient (Wildman–Crippen LogP) is 1.71. The maximum Gasteiger partial charge on any atom is 0.600 e. The topological polar surface area (TPSA) is 153 Å². The van der Waals surface area contributed by atoms with Crippen molar-refractivity contribution in [3.05, 3.63) is 54.0 Å². The van der Waals surface area contributed by atoms with Crippen LogP contribution in [0, 0.1) is 0 Å². The number of nitrogen functional groups attached to an aromatic ring is 1. The number of carboxylic acid groups (broad SMARTS) is 1. The highest BCUT2D eigenvalue weighted by Crippen LogP contribution is 2.39. The normalized spacial score (nSPS) is 14.7. The van der Waals surface area contributed by atoms with Crippen LogP contribution in [-0.2, 0) is 12.1 Å². The molecule has 0 atom stereocenters. The Labute approximate surface area is 188 Å². The summed E-state index contributed by atoms with van der Waals surface area (Å²) in [6, 6.07) is 10.5. The molecule has 0 amide bonds. The maximum atomic E-state index is 12.1. The second-order valence-electron chi connectivity index (χ2n) is 7.99. The third kappa shape index (κ3) is 3.52. The number of methoxy groups -OCH3 is 1. The van der Waals surface area contributed by atoms with Crippen LogP contribution in [0.5, 0.6) is 5.75 Å². The van der Waals surface area contributed by atoms with Gasteiger partial charge in [0.25, 0.3) is 0 Å². The van der Waals surface area contributed by atoms with Gasteiger partial charge in [0.05, 0.1) is 13.3 Å².